The van der Waals surface area contributed by atoms with Crippen molar-refractivity contribution in [2.45, 2.75) is 39.7 Å². The molecule has 1 unspecified atom stereocenters. The Kier molecular flexibility index (Phi) is 5.69. The summed E-state index contributed by atoms with van der Waals surface area (Å²) in [5.74, 6) is 2.01. The number of anilines is 1. The van der Waals surface area contributed by atoms with Crippen molar-refractivity contribution in [2.75, 3.05) is 18.5 Å². The van der Waals surface area contributed by atoms with E-state index in [0.29, 0.717) is 24.7 Å². The van der Waals surface area contributed by atoms with E-state index >= 15 is 0 Å². The maximum atomic E-state index is 8.94. The molecule has 0 saturated carbocycles. The van der Waals surface area contributed by atoms with Gasteiger partial charge in [0.2, 0.25) is 5.88 Å². The Hall–Kier alpha value is -1.36. The average Bonchev–Trinajstić information content (AvgIpc) is 2.28. The lowest BCUT2D eigenvalue weighted by molar-refractivity contribution is 0.278. The van der Waals surface area contributed by atoms with E-state index in [1.54, 1.807) is 6.07 Å². The molecule has 0 aliphatic carbocycles. The first-order valence-corrected chi connectivity index (χ1v) is 6.05. The molecule has 0 amide bonds. The molecular formula is C12H21N3O2. The average molecular weight is 239 g/mol. The van der Waals surface area contributed by atoms with Crippen LogP contribution in [-0.2, 0) is 0 Å². The van der Waals surface area contributed by atoms with Gasteiger partial charge in [0, 0.05) is 18.7 Å². The van der Waals surface area contributed by atoms with Gasteiger partial charge >= 0.3 is 0 Å². The minimum absolute atomic E-state index is 0.174. The second kappa shape index (κ2) is 7.06. The van der Waals surface area contributed by atoms with E-state index < -0.39 is 0 Å². The van der Waals surface area contributed by atoms with E-state index in [9.17, 15) is 0 Å². The summed E-state index contributed by atoms with van der Waals surface area (Å²) >= 11 is 0. The van der Waals surface area contributed by atoms with E-state index in [-0.39, 0.29) is 12.6 Å². The summed E-state index contributed by atoms with van der Waals surface area (Å²) in [5, 5.41) is 12.2. The molecule has 17 heavy (non-hydrogen) atoms. The Morgan fingerprint density at radius 1 is 1.41 bits per heavy atom. The van der Waals surface area contributed by atoms with Crippen molar-refractivity contribution in [1.82, 2.24) is 9.97 Å². The number of rotatable bonds is 7. The number of nitrogens with zero attached hydrogens (tertiary/aromatic N) is 2. The van der Waals surface area contributed by atoms with Crippen molar-refractivity contribution in [3.05, 3.63) is 11.9 Å². The van der Waals surface area contributed by atoms with E-state index in [2.05, 4.69) is 22.2 Å². The molecule has 96 valence electrons. The Labute approximate surface area is 102 Å². The third-order valence-electron chi connectivity index (χ3n) is 2.43. The molecule has 2 N–H and O–H groups in total. The van der Waals surface area contributed by atoms with Crippen LogP contribution in [0.2, 0.25) is 0 Å². The largest absolute Gasteiger partial charge is 0.478 e. The molecule has 0 aromatic carbocycles. The highest BCUT2D eigenvalue weighted by Crippen LogP contribution is 2.15. The number of nitrogens with one attached hydrogen (secondary N) is 1. The Bertz CT molecular complexity index is 345. The smallest absolute Gasteiger partial charge is 0.218 e. The summed E-state index contributed by atoms with van der Waals surface area (Å²) in [6.07, 6.45) is 1.65. The van der Waals surface area contributed by atoms with Crippen LogP contribution in [-0.4, -0.2) is 34.3 Å². The maximum Gasteiger partial charge on any atom is 0.218 e. The maximum absolute atomic E-state index is 8.94. The van der Waals surface area contributed by atoms with E-state index in [0.717, 1.165) is 12.2 Å². The molecular weight excluding hydrogens is 218 g/mol. The highest BCUT2D eigenvalue weighted by atomic mass is 16.5. The van der Waals surface area contributed by atoms with Gasteiger partial charge in [-0.05, 0) is 26.7 Å². The van der Waals surface area contributed by atoms with Crippen LogP contribution in [0.5, 0.6) is 5.88 Å². The van der Waals surface area contributed by atoms with Crippen molar-refractivity contribution in [3.8, 4) is 5.88 Å². The molecule has 5 heteroatoms. The zero-order valence-corrected chi connectivity index (χ0v) is 10.7. The van der Waals surface area contributed by atoms with Crippen LogP contribution in [0.1, 0.15) is 32.5 Å². The summed E-state index contributed by atoms with van der Waals surface area (Å²) in [6, 6.07) is 2.01. The fourth-order valence-electron chi connectivity index (χ4n) is 1.58. The highest BCUT2D eigenvalue weighted by molar-refractivity contribution is 5.39. The predicted octanol–water partition coefficient (Wildman–Crippen LogP) is 1.76. The lowest BCUT2D eigenvalue weighted by Crippen LogP contribution is -2.20. The topological polar surface area (TPSA) is 67.3 Å². The van der Waals surface area contributed by atoms with Gasteiger partial charge < -0.3 is 15.2 Å². The molecule has 1 atom stereocenters. The molecule has 1 rings (SSSR count). The Morgan fingerprint density at radius 2 is 2.18 bits per heavy atom. The fraction of sp³-hybridized carbons (Fsp3) is 0.667. The van der Waals surface area contributed by atoms with Gasteiger partial charge in [0.25, 0.3) is 0 Å². The second-order valence-corrected chi connectivity index (χ2v) is 3.83. The van der Waals surface area contributed by atoms with Crippen molar-refractivity contribution in [1.29, 1.82) is 0 Å². The zero-order chi connectivity index (χ0) is 12.7. The van der Waals surface area contributed by atoms with Crippen LogP contribution in [0.15, 0.2) is 6.07 Å². The van der Waals surface area contributed by atoms with Gasteiger partial charge in [-0.25, -0.2) is 4.98 Å². The third-order valence-corrected chi connectivity index (χ3v) is 2.43. The second-order valence-electron chi connectivity index (χ2n) is 3.83. The number of aliphatic hydroxyl groups is 1. The monoisotopic (exact) mass is 239 g/mol. The molecule has 0 saturated heterocycles. The molecule has 0 spiro atoms. The van der Waals surface area contributed by atoms with E-state index in [4.69, 9.17) is 9.84 Å². The van der Waals surface area contributed by atoms with Crippen LogP contribution < -0.4 is 10.1 Å². The minimum Gasteiger partial charge on any atom is -0.478 e. The van der Waals surface area contributed by atoms with Crippen molar-refractivity contribution in [2.24, 2.45) is 0 Å². The molecule has 0 aliphatic heterocycles. The molecule has 0 bridgehead atoms. The highest BCUT2D eigenvalue weighted by Gasteiger charge is 2.08. The van der Waals surface area contributed by atoms with Crippen LogP contribution in [0, 0.1) is 6.92 Å². The number of aliphatic hydroxyl groups excluding tert-OH is 1. The standard InChI is InChI=1S/C12H21N3O2/c1-4-10(6-7-16)15-11-8-12(17-5-2)14-9(3)13-11/h8,10,16H,4-7H2,1-3H3,(H,13,14,15). The fourth-order valence-corrected chi connectivity index (χ4v) is 1.58. The molecule has 0 aliphatic rings. The molecule has 1 aromatic heterocycles. The molecule has 1 aromatic rings. The van der Waals surface area contributed by atoms with Crippen LogP contribution in [0.25, 0.3) is 0 Å². The van der Waals surface area contributed by atoms with Gasteiger partial charge in [-0.3, -0.25) is 0 Å². The molecule has 0 radical (unpaired) electrons. The van der Waals surface area contributed by atoms with Gasteiger partial charge in [-0.15, -0.1) is 0 Å². The Balaban J connectivity index is 2.75. The van der Waals surface area contributed by atoms with Gasteiger partial charge in [0.15, 0.2) is 0 Å². The summed E-state index contributed by atoms with van der Waals surface area (Å²) in [7, 11) is 0. The van der Waals surface area contributed by atoms with E-state index in [1.807, 2.05) is 13.8 Å². The number of ether oxygens (including phenoxy) is 1. The first kappa shape index (κ1) is 13.7. The summed E-state index contributed by atoms with van der Waals surface area (Å²) in [4.78, 5) is 8.48. The van der Waals surface area contributed by atoms with E-state index in [1.165, 1.54) is 0 Å². The normalized spacial score (nSPS) is 12.2. The molecule has 1 heterocycles. The first-order chi connectivity index (χ1) is 8.19. The Morgan fingerprint density at radius 3 is 2.76 bits per heavy atom. The van der Waals surface area contributed by atoms with Crippen LogP contribution in [0.4, 0.5) is 5.82 Å². The van der Waals surface area contributed by atoms with Gasteiger partial charge in [0.1, 0.15) is 11.6 Å². The lowest BCUT2D eigenvalue weighted by Gasteiger charge is -2.17. The minimum atomic E-state index is 0.174. The number of aromatic nitrogens is 2. The molecule has 5 nitrogen and oxygen atoms in total. The number of hydrogen-bond donors (Lipinski definition) is 2. The number of hydrogen-bond acceptors (Lipinski definition) is 5. The van der Waals surface area contributed by atoms with Crippen molar-refractivity contribution < 1.29 is 9.84 Å². The SMILES string of the molecule is CCOc1cc(NC(CC)CCO)nc(C)n1. The van der Waals surface area contributed by atoms with Crippen molar-refractivity contribution in [3.63, 3.8) is 0 Å². The summed E-state index contributed by atoms with van der Waals surface area (Å²) < 4.78 is 5.36. The third kappa shape index (κ3) is 4.56. The lowest BCUT2D eigenvalue weighted by atomic mass is 10.1. The molecule has 0 fully saturated rings. The summed E-state index contributed by atoms with van der Waals surface area (Å²) in [6.45, 7) is 6.59. The first-order valence-electron chi connectivity index (χ1n) is 6.05. The summed E-state index contributed by atoms with van der Waals surface area (Å²) in [5.41, 5.74) is 0. The van der Waals surface area contributed by atoms with Gasteiger partial charge in [-0.2, -0.15) is 4.98 Å². The van der Waals surface area contributed by atoms with Gasteiger partial charge in [0.05, 0.1) is 6.61 Å². The van der Waals surface area contributed by atoms with Gasteiger partial charge in [-0.1, -0.05) is 6.92 Å². The zero-order valence-electron chi connectivity index (χ0n) is 10.7. The van der Waals surface area contributed by atoms with Crippen molar-refractivity contribution >= 4 is 5.82 Å². The van der Waals surface area contributed by atoms with Crippen LogP contribution in [0.3, 0.4) is 0 Å². The van der Waals surface area contributed by atoms with Crippen LogP contribution >= 0.6 is 0 Å². The quantitative estimate of drug-likeness (QED) is 0.759. The number of aryl methyl sites for hydroxylation is 1. The predicted molar refractivity (Wildman–Crippen MR) is 67.3 cm³/mol.